The second-order valence-corrected chi connectivity index (χ2v) is 10.6. The average Bonchev–Trinajstić information content (AvgIpc) is 3.46. The van der Waals surface area contributed by atoms with E-state index in [2.05, 4.69) is 10.6 Å². The van der Waals surface area contributed by atoms with Crippen LogP contribution in [0.2, 0.25) is 0 Å². The highest BCUT2D eigenvalue weighted by Gasteiger charge is 2.32. The maximum Gasteiger partial charge on any atom is 0.265 e. The van der Waals surface area contributed by atoms with E-state index in [9.17, 15) is 19.2 Å². The molecule has 6 nitrogen and oxygen atoms in total. The summed E-state index contributed by atoms with van der Waals surface area (Å²) in [6, 6.07) is 22.6. The Labute approximate surface area is 222 Å². The number of thioether (sulfide) groups is 1. The van der Waals surface area contributed by atoms with Crippen LogP contribution < -0.4 is 10.6 Å². The lowest BCUT2D eigenvalue weighted by molar-refractivity contribution is -0.115. The molecule has 8 heteroatoms. The summed E-state index contributed by atoms with van der Waals surface area (Å²) >= 11 is 2.73. The minimum Gasteiger partial charge on any atom is -0.324 e. The van der Waals surface area contributed by atoms with Gasteiger partial charge in [0, 0.05) is 27.3 Å². The van der Waals surface area contributed by atoms with Gasteiger partial charge in [0.15, 0.2) is 11.6 Å². The van der Waals surface area contributed by atoms with E-state index in [1.807, 2.05) is 36.6 Å². The third-order valence-corrected chi connectivity index (χ3v) is 8.22. The largest absolute Gasteiger partial charge is 0.324 e. The summed E-state index contributed by atoms with van der Waals surface area (Å²) in [6.45, 7) is 1.91. The van der Waals surface area contributed by atoms with Crippen LogP contribution in [-0.4, -0.2) is 28.6 Å². The lowest BCUT2D eigenvalue weighted by Crippen LogP contribution is -2.28. The van der Waals surface area contributed by atoms with E-state index in [0.717, 1.165) is 4.90 Å². The smallest absolute Gasteiger partial charge is 0.265 e. The van der Waals surface area contributed by atoms with Gasteiger partial charge < -0.3 is 10.6 Å². The van der Waals surface area contributed by atoms with Gasteiger partial charge in [-0.05, 0) is 42.1 Å². The number of ketones is 2. The van der Waals surface area contributed by atoms with Gasteiger partial charge in [0.1, 0.15) is 0 Å². The molecular weight excluding hydrogens is 504 g/mol. The molecule has 0 saturated carbocycles. The molecule has 1 aliphatic carbocycles. The zero-order chi connectivity index (χ0) is 25.9. The van der Waals surface area contributed by atoms with Crippen molar-refractivity contribution in [1.29, 1.82) is 0 Å². The van der Waals surface area contributed by atoms with Crippen LogP contribution in [0.15, 0.2) is 89.1 Å². The molecule has 37 heavy (non-hydrogen) atoms. The number of thiophene rings is 1. The normalized spacial score (nSPS) is 12.9. The van der Waals surface area contributed by atoms with E-state index in [-0.39, 0.29) is 34.5 Å². The maximum absolute atomic E-state index is 13.3. The molecular formula is C29H22N2O4S2. The molecule has 0 bridgehead atoms. The lowest BCUT2D eigenvalue weighted by atomic mass is 9.83. The highest BCUT2D eigenvalue weighted by Crippen LogP contribution is 2.33. The number of nitrogens with one attached hydrogen (secondary N) is 2. The molecule has 4 aromatic rings. The minimum atomic E-state index is -0.458. The first kappa shape index (κ1) is 24.7. The molecule has 1 atom stereocenters. The summed E-state index contributed by atoms with van der Waals surface area (Å²) in [5.41, 5.74) is 2.18. The number of fused-ring (bicyclic) bond motifs is 2. The monoisotopic (exact) mass is 526 g/mol. The number of amides is 2. The van der Waals surface area contributed by atoms with Crippen LogP contribution in [0.1, 0.15) is 54.9 Å². The molecule has 1 aromatic heterocycles. The van der Waals surface area contributed by atoms with Crippen LogP contribution in [0.25, 0.3) is 0 Å². The quantitative estimate of drug-likeness (QED) is 0.243. The fourth-order valence-electron chi connectivity index (χ4n) is 4.20. The van der Waals surface area contributed by atoms with Crippen LogP contribution in [0.4, 0.5) is 11.4 Å². The van der Waals surface area contributed by atoms with Crippen molar-refractivity contribution in [1.82, 2.24) is 0 Å². The highest BCUT2D eigenvalue weighted by molar-refractivity contribution is 8.00. The summed E-state index contributed by atoms with van der Waals surface area (Å²) < 4.78 is 0. The van der Waals surface area contributed by atoms with Gasteiger partial charge in [0.25, 0.3) is 5.91 Å². The van der Waals surface area contributed by atoms with Crippen molar-refractivity contribution in [2.75, 3.05) is 10.6 Å². The van der Waals surface area contributed by atoms with Crippen molar-refractivity contribution in [3.63, 3.8) is 0 Å². The van der Waals surface area contributed by atoms with Crippen LogP contribution in [0, 0.1) is 0 Å². The lowest BCUT2D eigenvalue weighted by Gasteiger charge is -2.21. The number of rotatable bonds is 7. The number of carbonyl (C=O) groups excluding carboxylic acids is 4. The second kappa shape index (κ2) is 10.5. The molecule has 0 saturated heterocycles. The van der Waals surface area contributed by atoms with Crippen molar-refractivity contribution >= 4 is 57.9 Å². The van der Waals surface area contributed by atoms with Gasteiger partial charge in [-0.2, -0.15) is 0 Å². The Morgan fingerprint density at radius 3 is 2.30 bits per heavy atom. The first-order chi connectivity index (χ1) is 18.0. The molecule has 0 fully saturated rings. The van der Waals surface area contributed by atoms with Gasteiger partial charge in [-0.1, -0.05) is 55.5 Å². The van der Waals surface area contributed by atoms with E-state index >= 15 is 0 Å². The number of anilines is 2. The van der Waals surface area contributed by atoms with E-state index in [1.165, 1.54) is 23.1 Å². The Bertz CT molecular complexity index is 1530. The van der Waals surface area contributed by atoms with Crippen molar-refractivity contribution < 1.29 is 19.2 Å². The van der Waals surface area contributed by atoms with Crippen molar-refractivity contribution in [3.05, 3.63) is 111 Å². The average molecular weight is 527 g/mol. The Morgan fingerprint density at radius 2 is 1.57 bits per heavy atom. The predicted octanol–water partition coefficient (Wildman–Crippen LogP) is 6.29. The summed E-state index contributed by atoms with van der Waals surface area (Å²) in [7, 11) is 0. The highest BCUT2D eigenvalue weighted by atomic mass is 32.2. The maximum atomic E-state index is 13.3. The Morgan fingerprint density at radius 1 is 0.838 bits per heavy atom. The van der Waals surface area contributed by atoms with Crippen LogP contribution in [0.5, 0.6) is 0 Å². The Balaban J connectivity index is 1.34. The standard InChI is InChI=1S/C29H22N2O4S2/c1-2-23(37-18-9-5-8-17(16-18)30-29(35)24-14-7-15-36-24)28(34)31-22-13-6-12-21-25(22)27(33)20-11-4-3-10-19(20)26(21)32/h3-16,23H,2H2,1H3,(H,30,35)(H,31,34). The van der Waals surface area contributed by atoms with Crippen molar-refractivity contribution in [2.45, 2.75) is 23.5 Å². The van der Waals surface area contributed by atoms with Gasteiger partial charge >= 0.3 is 0 Å². The van der Waals surface area contributed by atoms with Gasteiger partial charge in [-0.3, -0.25) is 19.2 Å². The molecule has 3 aromatic carbocycles. The first-order valence-electron chi connectivity index (χ1n) is 11.7. The molecule has 5 rings (SSSR count). The minimum absolute atomic E-state index is 0.184. The van der Waals surface area contributed by atoms with Crippen LogP contribution in [-0.2, 0) is 4.79 Å². The number of benzene rings is 3. The molecule has 1 aliphatic rings. The summed E-state index contributed by atoms with van der Waals surface area (Å²) in [4.78, 5) is 53.4. The molecule has 0 radical (unpaired) electrons. The molecule has 1 heterocycles. The fraction of sp³-hybridized carbons (Fsp3) is 0.103. The zero-order valence-corrected chi connectivity index (χ0v) is 21.4. The van der Waals surface area contributed by atoms with Gasteiger partial charge in [-0.25, -0.2) is 0 Å². The third kappa shape index (κ3) is 4.98. The Kier molecular flexibility index (Phi) is 7.03. The van der Waals surface area contributed by atoms with Crippen LogP contribution in [0.3, 0.4) is 0 Å². The van der Waals surface area contributed by atoms with Crippen molar-refractivity contribution in [2.24, 2.45) is 0 Å². The first-order valence-corrected chi connectivity index (χ1v) is 13.5. The summed E-state index contributed by atoms with van der Waals surface area (Å²) in [6.07, 6.45) is 0.535. The van der Waals surface area contributed by atoms with E-state index in [0.29, 0.717) is 33.8 Å². The van der Waals surface area contributed by atoms with E-state index in [1.54, 1.807) is 54.6 Å². The summed E-state index contributed by atoms with van der Waals surface area (Å²) in [5.74, 6) is -0.968. The van der Waals surface area contributed by atoms with Crippen LogP contribution >= 0.6 is 23.1 Å². The predicted molar refractivity (Wildman–Crippen MR) is 147 cm³/mol. The molecule has 2 N–H and O–H groups in total. The topological polar surface area (TPSA) is 92.3 Å². The zero-order valence-electron chi connectivity index (χ0n) is 19.8. The molecule has 0 spiro atoms. The molecule has 184 valence electrons. The molecule has 2 amide bonds. The van der Waals surface area contributed by atoms with Gasteiger partial charge in [0.05, 0.1) is 21.4 Å². The summed E-state index contributed by atoms with van der Waals surface area (Å²) in [5, 5.41) is 7.16. The van der Waals surface area contributed by atoms with Gasteiger partial charge in [-0.15, -0.1) is 23.1 Å². The second-order valence-electron chi connectivity index (χ2n) is 8.40. The molecule has 1 unspecified atom stereocenters. The number of carbonyl (C=O) groups is 4. The third-order valence-electron chi connectivity index (χ3n) is 5.99. The van der Waals surface area contributed by atoms with E-state index < -0.39 is 5.25 Å². The molecule has 0 aliphatic heterocycles. The van der Waals surface area contributed by atoms with Gasteiger partial charge in [0.2, 0.25) is 5.91 Å². The fourth-order valence-corrected chi connectivity index (χ4v) is 5.83. The van der Waals surface area contributed by atoms with E-state index in [4.69, 9.17) is 0 Å². The number of hydrogen-bond acceptors (Lipinski definition) is 6. The van der Waals surface area contributed by atoms with Crippen molar-refractivity contribution in [3.8, 4) is 0 Å². The SMILES string of the molecule is CCC(Sc1cccc(NC(=O)c2cccs2)c1)C(=O)Nc1cccc2c1C(=O)c1ccccc1C2=O. The Hall–Kier alpha value is -4.01. The number of hydrogen-bond donors (Lipinski definition) is 2.